The predicted octanol–water partition coefficient (Wildman–Crippen LogP) is 3.42. The molecule has 6 heteroatoms. The number of aryl methyl sites for hydroxylation is 3. The zero-order valence-corrected chi connectivity index (χ0v) is 14.3. The number of aromatic carboxylic acids is 1. The van der Waals surface area contributed by atoms with E-state index in [0.717, 1.165) is 11.1 Å². The summed E-state index contributed by atoms with van der Waals surface area (Å²) in [6.07, 6.45) is 0. The fourth-order valence-corrected chi connectivity index (χ4v) is 3.64. The number of rotatable bonds is 4. The molecule has 0 amide bonds. The highest BCUT2D eigenvalue weighted by atomic mass is 32.2. The number of carbonyl (C=O) groups is 1. The van der Waals surface area contributed by atoms with Crippen LogP contribution in [0.2, 0.25) is 0 Å². The van der Waals surface area contributed by atoms with Crippen molar-refractivity contribution in [3.05, 3.63) is 58.1 Å². The lowest BCUT2D eigenvalue weighted by molar-refractivity contribution is 0.0696. The van der Waals surface area contributed by atoms with E-state index in [1.165, 1.54) is 12.1 Å². The summed E-state index contributed by atoms with van der Waals surface area (Å²) in [4.78, 5) is 11.1. The summed E-state index contributed by atoms with van der Waals surface area (Å²) in [6, 6.07) is 7.92. The van der Waals surface area contributed by atoms with Crippen molar-refractivity contribution in [3.8, 4) is 0 Å². The Kier molecular flexibility index (Phi) is 4.47. The summed E-state index contributed by atoms with van der Waals surface area (Å²) in [5.74, 6) is -1.16. The van der Waals surface area contributed by atoms with Crippen LogP contribution in [0.4, 0.5) is 5.69 Å². The van der Waals surface area contributed by atoms with Crippen LogP contribution in [0, 0.1) is 27.7 Å². The highest BCUT2D eigenvalue weighted by Crippen LogP contribution is 2.24. The van der Waals surface area contributed by atoms with Crippen LogP contribution in [0.1, 0.15) is 32.6 Å². The van der Waals surface area contributed by atoms with Crippen LogP contribution in [-0.2, 0) is 10.0 Å². The first-order valence-corrected chi connectivity index (χ1v) is 8.55. The molecule has 0 saturated carbocycles. The van der Waals surface area contributed by atoms with Crippen molar-refractivity contribution < 1.29 is 18.3 Å². The SMILES string of the molecule is Cc1ccc(NS(=O)(=O)c2cc(C(=O)O)cc(C)c2C)cc1C. The molecule has 0 aliphatic heterocycles. The lowest BCUT2D eigenvalue weighted by Gasteiger charge is -2.14. The molecule has 5 nitrogen and oxygen atoms in total. The van der Waals surface area contributed by atoms with Gasteiger partial charge in [0.15, 0.2) is 0 Å². The molecule has 0 radical (unpaired) electrons. The second-order valence-corrected chi connectivity index (χ2v) is 7.28. The van der Waals surface area contributed by atoms with Gasteiger partial charge in [-0.3, -0.25) is 4.72 Å². The Labute approximate surface area is 136 Å². The number of benzene rings is 2. The smallest absolute Gasteiger partial charge is 0.335 e. The average molecular weight is 333 g/mol. The maximum absolute atomic E-state index is 12.6. The molecule has 0 unspecified atom stereocenters. The molecule has 0 aliphatic rings. The predicted molar refractivity (Wildman–Crippen MR) is 89.6 cm³/mol. The van der Waals surface area contributed by atoms with Gasteiger partial charge in [-0.1, -0.05) is 6.07 Å². The van der Waals surface area contributed by atoms with Gasteiger partial charge in [0.2, 0.25) is 0 Å². The minimum Gasteiger partial charge on any atom is -0.478 e. The fraction of sp³-hybridized carbons (Fsp3) is 0.235. The Morgan fingerprint density at radius 3 is 2.17 bits per heavy atom. The van der Waals surface area contributed by atoms with Gasteiger partial charge in [0.05, 0.1) is 10.5 Å². The van der Waals surface area contributed by atoms with Crippen molar-refractivity contribution >= 4 is 21.7 Å². The van der Waals surface area contributed by atoms with Gasteiger partial charge in [-0.05, 0) is 74.2 Å². The molecule has 0 aromatic heterocycles. The number of sulfonamides is 1. The molecule has 0 heterocycles. The van der Waals surface area contributed by atoms with Crippen molar-refractivity contribution in [2.45, 2.75) is 32.6 Å². The third-order valence-corrected chi connectivity index (χ3v) is 5.42. The van der Waals surface area contributed by atoms with Crippen LogP contribution in [0.15, 0.2) is 35.2 Å². The largest absolute Gasteiger partial charge is 0.478 e. The Hall–Kier alpha value is -2.34. The normalized spacial score (nSPS) is 11.3. The third-order valence-electron chi connectivity index (χ3n) is 3.92. The second-order valence-electron chi connectivity index (χ2n) is 5.63. The van der Waals surface area contributed by atoms with E-state index in [-0.39, 0.29) is 10.5 Å². The molecule has 23 heavy (non-hydrogen) atoms. The van der Waals surface area contributed by atoms with E-state index in [0.29, 0.717) is 16.8 Å². The number of carboxylic acids is 1. The van der Waals surface area contributed by atoms with Gasteiger partial charge in [-0.25, -0.2) is 13.2 Å². The van der Waals surface area contributed by atoms with E-state index < -0.39 is 16.0 Å². The van der Waals surface area contributed by atoms with E-state index >= 15 is 0 Å². The van der Waals surface area contributed by atoms with Gasteiger partial charge in [-0.15, -0.1) is 0 Å². The van der Waals surface area contributed by atoms with Gasteiger partial charge in [-0.2, -0.15) is 0 Å². The Morgan fingerprint density at radius 1 is 0.957 bits per heavy atom. The van der Waals surface area contributed by atoms with Crippen LogP contribution in [0.3, 0.4) is 0 Å². The lowest BCUT2D eigenvalue weighted by Crippen LogP contribution is -2.16. The second kappa shape index (κ2) is 6.04. The molecule has 2 aromatic rings. The van der Waals surface area contributed by atoms with Crippen molar-refractivity contribution in [2.24, 2.45) is 0 Å². The molecule has 0 atom stereocenters. The maximum atomic E-state index is 12.6. The van der Waals surface area contributed by atoms with E-state index in [1.807, 2.05) is 19.9 Å². The molecular formula is C17H19NO4S. The topological polar surface area (TPSA) is 83.5 Å². The highest BCUT2D eigenvalue weighted by Gasteiger charge is 2.21. The average Bonchev–Trinajstić information content (AvgIpc) is 2.45. The van der Waals surface area contributed by atoms with Gasteiger partial charge < -0.3 is 5.11 Å². The molecule has 2 N–H and O–H groups in total. The molecule has 0 saturated heterocycles. The lowest BCUT2D eigenvalue weighted by atomic mass is 10.1. The number of anilines is 1. The molecule has 2 rings (SSSR count). The first-order valence-electron chi connectivity index (χ1n) is 7.06. The van der Waals surface area contributed by atoms with Gasteiger partial charge in [0.25, 0.3) is 10.0 Å². The minimum absolute atomic E-state index is 0.0203. The Bertz CT molecular complexity index is 886. The summed E-state index contributed by atoms with van der Waals surface area (Å²) in [6.45, 7) is 7.19. The Morgan fingerprint density at radius 2 is 1.61 bits per heavy atom. The third kappa shape index (κ3) is 3.53. The number of carboxylic acid groups (broad SMARTS) is 1. The summed E-state index contributed by atoms with van der Waals surface area (Å²) in [5.41, 5.74) is 3.58. The zero-order chi connectivity index (χ0) is 17.4. The van der Waals surface area contributed by atoms with Crippen LogP contribution >= 0.6 is 0 Å². The van der Waals surface area contributed by atoms with Crippen LogP contribution in [0.5, 0.6) is 0 Å². The van der Waals surface area contributed by atoms with Crippen molar-refractivity contribution in [2.75, 3.05) is 4.72 Å². The van der Waals surface area contributed by atoms with Crippen molar-refractivity contribution in [3.63, 3.8) is 0 Å². The summed E-state index contributed by atoms with van der Waals surface area (Å²) < 4.78 is 27.8. The van der Waals surface area contributed by atoms with E-state index in [1.54, 1.807) is 26.0 Å². The number of nitrogens with one attached hydrogen (secondary N) is 1. The molecule has 0 bridgehead atoms. The molecule has 2 aromatic carbocycles. The molecule has 122 valence electrons. The zero-order valence-electron chi connectivity index (χ0n) is 13.5. The highest BCUT2D eigenvalue weighted by molar-refractivity contribution is 7.92. The molecule has 0 aliphatic carbocycles. The minimum atomic E-state index is -3.87. The van der Waals surface area contributed by atoms with Crippen LogP contribution in [-0.4, -0.2) is 19.5 Å². The van der Waals surface area contributed by atoms with E-state index in [9.17, 15) is 13.2 Å². The first-order chi connectivity index (χ1) is 10.6. The van der Waals surface area contributed by atoms with Gasteiger partial charge in [0.1, 0.15) is 0 Å². The van der Waals surface area contributed by atoms with E-state index in [2.05, 4.69) is 4.72 Å². The fourth-order valence-electron chi connectivity index (χ4n) is 2.24. The Balaban J connectivity index is 2.51. The monoisotopic (exact) mass is 333 g/mol. The molecular weight excluding hydrogens is 314 g/mol. The van der Waals surface area contributed by atoms with E-state index in [4.69, 9.17) is 5.11 Å². The first kappa shape index (κ1) is 17.0. The van der Waals surface area contributed by atoms with Crippen molar-refractivity contribution in [1.29, 1.82) is 0 Å². The summed E-state index contributed by atoms with van der Waals surface area (Å²) in [5, 5.41) is 9.13. The van der Waals surface area contributed by atoms with Crippen molar-refractivity contribution in [1.82, 2.24) is 0 Å². The van der Waals surface area contributed by atoms with Crippen LogP contribution in [0.25, 0.3) is 0 Å². The van der Waals surface area contributed by atoms with Gasteiger partial charge >= 0.3 is 5.97 Å². The van der Waals surface area contributed by atoms with Crippen LogP contribution < -0.4 is 4.72 Å². The standard InChI is InChI=1S/C17H19NO4S/c1-10-5-6-15(8-11(10)2)18-23(21,22)16-9-14(17(19)20)7-12(3)13(16)4/h5-9,18H,1-4H3,(H,19,20). The quantitative estimate of drug-likeness (QED) is 0.898. The summed E-state index contributed by atoms with van der Waals surface area (Å²) >= 11 is 0. The number of hydrogen-bond donors (Lipinski definition) is 2. The summed E-state index contributed by atoms with van der Waals surface area (Å²) in [7, 11) is -3.87. The molecule has 0 spiro atoms. The maximum Gasteiger partial charge on any atom is 0.335 e. The molecule has 0 fully saturated rings. The number of hydrogen-bond acceptors (Lipinski definition) is 3. The van der Waals surface area contributed by atoms with Gasteiger partial charge in [0, 0.05) is 5.69 Å².